The van der Waals surface area contributed by atoms with Gasteiger partial charge in [0.2, 0.25) is 0 Å². The summed E-state index contributed by atoms with van der Waals surface area (Å²) < 4.78 is 31.7. The number of rotatable bonds is 2. The van der Waals surface area contributed by atoms with E-state index in [4.69, 9.17) is 9.90 Å². The van der Waals surface area contributed by atoms with Crippen molar-refractivity contribution in [3.8, 4) is 6.07 Å². The van der Waals surface area contributed by atoms with Crippen LogP contribution in [0, 0.1) is 25.2 Å². The highest BCUT2D eigenvalue weighted by Gasteiger charge is 2.38. The predicted octanol–water partition coefficient (Wildman–Crippen LogP) is 4.46. The molecule has 32 heavy (non-hydrogen) atoms. The molecule has 0 radical (unpaired) electrons. The number of piperidine rings is 1. The number of aryl methyl sites for hydroxylation is 2. The number of nitrogens with one attached hydrogen (secondary N) is 1. The Labute approximate surface area is 182 Å². The van der Waals surface area contributed by atoms with Crippen molar-refractivity contribution in [3.63, 3.8) is 0 Å². The zero-order chi connectivity index (χ0) is 23.5. The lowest BCUT2D eigenvalue weighted by molar-refractivity contribution is -0.192. The molecule has 0 bridgehead atoms. The zero-order valence-corrected chi connectivity index (χ0v) is 17.6. The molecule has 0 spiro atoms. The van der Waals surface area contributed by atoms with Gasteiger partial charge in [-0.3, -0.25) is 4.98 Å². The van der Waals surface area contributed by atoms with Crippen molar-refractivity contribution >= 4 is 22.6 Å². The minimum absolute atomic E-state index is 0.466. The normalized spacial score (nSPS) is 14.6. The molecule has 1 saturated heterocycles. The van der Waals surface area contributed by atoms with Crippen LogP contribution in [0.4, 0.5) is 18.9 Å². The van der Waals surface area contributed by atoms with Crippen LogP contribution >= 0.6 is 0 Å². The van der Waals surface area contributed by atoms with Crippen molar-refractivity contribution < 1.29 is 23.1 Å². The summed E-state index contributed by atoms with van der Waals surface area (Å²) in [5.41, 5.74) is 5.05. The largest absolute Gasteiger partial charge is 0.490 e. The fourth-order valence-corrected chi connectivity index (χ4v) is 3.95. The van der Waals surface area contributed by atoms with Crippen molar-refractivity contribution in [3.05, 3.63) is 53.2 Å². The highest BCUT2D eigenvalue weighted by atomic mass is 19.4. The number of fused-ring (bicyclic) bond motifs is 1. The Balaban J connectivity index is 0.000000360. The first-order valence-corrected chi connectivity index (χ1v) is 9.96. The molecule has 3 heterocycles. The first-order chi connectivity index (χ1) is 15.1. The monoisotopic (exact) mass is 445 g/mol. The van der Waals surface area contributed by atoms with Gasteiger partial charge in [0.15, 0.2) is 0 Å². The van der Waals surface area contributed by atoms with E-state index in [0.29, 0.717) is 11.5 Å². The molecule has 2 aromatic heterocycles. The van der Waals surface area contributed by atoms with E-state index in [-0.39, 0.29) is 0 Å². The lowest BCUT2D eigenvalue weighted by atomic mass is 9.94. The number of alkyl halides is 3. The maximum absolute atomic E-state index is 10.6. The minimum atomic E-state index is -5.08. The molecule has 4 rings (SSSR count). The van der Waals surface area contributed by atoms with Crippen LogP contribution in [-0.4, -0.2) is 45.3 Å². The first kappa shape index (κ1) is 23.1. The number of halogens is 3. The number of carboxylic acids is 1. The van der Waals surface area contributed by atoms with Gasteiger partial charge >= 0.3 is 12.1 Å². The van der Waals surface area contributed by atoms with Gasteiger partial charge in [-0.25, -0.2) is 9.78 Å². The number of anilines is 1. The van der Waals surface area contributed by atoms with E-state index in [2.05, 4.69) is 51.9 Å². The third kappa shape index (κ3) is 4.99. The van der Waals surface area contributed by atoms with Crippen LogP contribution in [0.1, 0.15) is 41.3 Å². The fourth-order valence-electron chi connectivity index (χ4n) is 3.95. The number of aliphatic carboxylic acids is 1. The Kier molecular flexibility index (Phi) is 6.67. The molecular weight excluding hydrogens is 423 g/mol. The Morgan fingerprint density at radius 3 is 2.44 bits per heavy atom. The van der Waals surface area contributed by atoms with Crippen LogP contribution in [-0.2, 0) is 4.79 Å². The molecular formula is C22H22F3N5O2. The first-order valence-electron chi connectivity index (χ1n) is 9.96. The molecule has 2 N–H and O–H groups in total. The van der Waals surface area contributed by atoms with E-state index in [0.717, 1.165) is 53.9 Å². The summed E-state index contributed by atoms with van der Waals surface area (Å²) in [5, 5.41) is 17.8. The molecule has 3 aromatic rings. The molecule has 1 aliphatic rings. The lowest BCUT2D eigenvalue weighted by Gasteiger charge is -2.34. The molecule has 0 saturated carbocycles. The second-order valence-electron chi connectivity index (χ2n) is 7.65. The number of nitrogens with zero attached hydrogens (tertiary/aromatic N) is 4. The van der Waals surface area contributed by atoms with Crippen molar-refractivity contribution in [2.24, 2.45) is 0 Å². The molecule has 1 aliphatic heterocycles. The van der Waals surface area contributed by atoms with Crippen molar-refractivity contribution in [1.82, 2.24) is 15.0 Å². The third-order valence-electron chi connectivity index (χ3n) is 5.36. The van der Waals surface area contributed by atoms with Gasteiger partial charge in [-0.2, -0.15) is 18.4 Å². The summed E-state index contributed by atoms with van der Waals surface area (Å²) in [6.45, 7) is 6.03. The number of carboxylic acid groups (broad SMARTS) is 1. The van der Waals surface area contributed by atoms with Crippen LogP contribution in [0.3, 0.4) is 0 Å². The smallest absolute Gasteiger partial charge is 0.475 e. The molecule has 168 valence electrons. The SMILES string of the molecule is Cc1cc(C)c2ncc(C#N)c(N3CCC(c4ncc[nH]4)CC3)c2c1.O=C(O)C(F)(F)F. The molecule has 1 aromatic carbocycles. The van der Waals surface area contributed by atoms with E-state index in [9.17, 15) is 18.4 Å². The van der Waals surface area contributed by atoms with Gasteiger partial charge in [0.1, 0.15) is 11.9 Å². The maximum Gasteiger partial charge on any atom is 0.490 e. The van der Waals surface area contributed by atoms with E-state index in [1.54, 1.807) is 6.20 Å². The number of imidazole rings is 1. The second-order valence-corrected chi connectivity index (χ2v) is 7.65. The quantitative estimate of drug-likeness (QED) is 0.603. The topological polar surface area (TPSA) is 106 Å². The van der Waals surface area contributed by atoms with Gasteiger partial charge in [-0.1, -0.05) is 11.6 Å². The lowest BCUT2D eigenvalue weighted by Crippen LogP contribution is -2.34. The van der Waals surface area contributed by atoms with Crippen molar-refractivity contribution in [1.29, 1.82) is 5.26 Å². The van der Waals surface area contributed by atoms with Gasteiger partial charge in [-0.05, 0) is 38.3 Å². The predicted molar refractivity (Wildman–Crippen MR) is 112 cm³/mol. The number of aromatic amines is 1. The standard InChI is InChI=1S/C20H21N5.C2HF3O2/c1-13-9-14(2)18-17(10-13)19(16(11-21)12-24-18)25-7-3-15(4-8-25)20-22-5-6-23-20;3-2(4,5)1(6)7/h5-6,9-10,12,15H,3-4,7-8H2,1-2H3,(H,22,23);(H,6,7). The summed E-state index contributed by atoms with van der Waals surface area (Å²) in [6, 6.07) is 6.64. The number of benzene rings is 1. The molecule has 7 nitrogen and oxygen atoms in total. The highest BCUT2D eigenvalue weighted by Crippen LogP contribution is 2.35. The van der Waals surface area contributed by atoms with Crippen LogP contribution < -0.4 is 4.90 Å². The van der Waals surface area contributed by atoms with E-state index >= 15 is 0 Å². The van der Waals surface area contributed by atoms with Gasteiger partial charge in [0.05, 0.1) is 16.8 Å². The van der Waals surface area contributed by atoms with Gasteiger partial charge in [0.25, 0.3) is 0 Å². The summed E-state index contributed by atoms with van der Waals surface area (Å²) in [7, 11) is 0. The summed E-state index contributed by atoms with van der Waals surface area (Å²) in [6.07, 6.45) is 2.41. The van der Waals surface area contributed by atoms with E-state index in [1.807, 2.05) is 12.4 Å². The number of hydrogen-bond acceptors (Lipinski definition) is 5. The molecule has 0 unspecified atom stereocenters. The number of pyridine rings is 1. The average molecular weight is 445 g/mol. The third-order valence-corrected chi connectivity index (χ3v) is 5.36. The summed E-state index contributed by atoms with van der Waals surface area (Å²) in [5.74, 6) is -1.22. The Bertz CT molecular complexity index is 1150. The number of carbonyl (C=O) groups is 1. The van der Waals surface area contributed by atoms with E-state index < -0.39 is 12.1 Å². The van der Waals surface area contributed by atoms with Crippen LogP contribution in [0.2, 0.25) is 0 Å². The van der Waals surface area contributed by atoms with E-state index in [1.165, 1.54) is 5.56 Å². The molecule has 0 amide bonds. The summed E-state index contributed by atoms with van der Waals surface area (Å²) in [4.78, 5) is 23.4. The van der Waals surface area contributed by atoms with Gasteiger partial charge in [0, 0.05) is 43.0 Å². The van der Waals surface area contributed by atoms with Crippen LogP contribution in [0.15, 0.2) is 30.7 Å². The highest BCUT2D eigenvalue weighted by molar-refractivity contribution is 5.96. The number of H-pyrrole nitrogens is 1. The molecule has 10 heteroatoms. The second kappa shape index (κ2) is 9.26. The Morgan fingerprint density at radius 1 is 1.25 bits per heavy atom. The molecule has 1 fully saturated rings. The van der Waals surface area contributed by atoms with Gasteiger partial charge in [-0.15, -0.1) is 0 Å². The summed E-state index contributed by atoms with van der Waals surface area (Å²) >= 11 is 0. The zero-order valence-electron chi connectivity index (χ0n) is 17.6. The van der Waals surface area contributed by atoms with Crippen LogP contribution in [0.5, 0.6) is 0 Å². The number of aromatic nitrogens is 3. The molecule has 0 atom stereocenters. The minimum Gasteiger partial charge on any atom is -0.475 e. The average Bonchev–Trinajstić information content (AvgIpc) is 3.27. The van der Waals surface area contributed by atoms with Gasteiger partial charge < -0.3 is 15.0 Å². The number of nitriles is 1. The Hall–Kier alpha value is -3.61. The fraction of sp³-hybridized carbons (Fsp3) is 0.364. The Morgan fingerprint density at radius 2 is 1.91 bits per heavy atom. The molecule has 0 aliphatic carbocycles. The number of hydrogen-bond donors (Lipinski definition) is 2. The maximum atomic E-state index is 10.6. The van der Waals surface area contributed by atoms with Crippen LogP contribution in [0.25, 0.3) is 10.9 Å². The van der Waals surface area contributed by atoms with Crippen molar-refractivity contribution in [2.45, 2.75) is 38.8 Å². The van der Waals surface area contributed by atoms with Crippen molar-refractivity contribution in [2.75, 3.05) is 18.0 Å².